The lowest BCUT2D eigenvalue weighted by Gasteiger charge is -2.32. The fraction of sp³-hybridized carbons (Fsp3) is 0.375. The number of nitrogens with one attached hydrogen (secondary N) is 1. The standard InChI is InChI=1S/C24H28N4O4/c1-27-11-13-28(14-12-27)10-9-25-23(29)18-7-8-21-19(15-18)26-24(30)22(32-21)16-17-5-3-4-6-20(17)31-2/h3-8,15-16,21H,9-14H2,1-2H3,(H,25,29)/b22-16+. The molecule has 2 heterocycles. The Kier molecular flexibility index (Phi) is 6.82. The Bertz CT molecular complexity index is 1000. The Labute approximate surface area is 187 Å². The maximum absolute atomic E-state index is 12.6. The van der Waals surface area contributed by atoms with Crippen molar-refractivity contribution in [2.24, 2.45) is 4.99 Å². The van der Waals surface area contributed by atoms with Crippen LogP contribution in [0.4, 0.5) is 0 Å². The molecule has 1 aromatic rings. The van der Waals surface area contributed by atoms with Crippen LogP contribution < -0.4 is 10.1 Å². The number of carbonyl (C=O) groups excluding carboxylic acids is 2. The van der Waals surface area contributed by atoms with Crippen molar-refractivity contribution >= 4 is 23.6 Å². The summed E-state index contributed by atoms with van der Waals surface area (Å²) in [6.07, 6.45) is 6.20. The van der Waals surface area contributed by atoms with Gasteiger partial charge in [-0.3, -0.25) is 14.5 Å². The van der Waals surface area contributed by atoms with Crippen molar-refractivity contribution in [3.8, 4) is 5.75 Å². The highest BCUT2D eigenvalue weighted by atomic mass is 16.5. The summed E-state index contributed by atoms with van der Waals surface area (Å²) < 4.78 is 11.2. The van der Waals surface area contributed by atoms with Crippen molar-refractivity contribution in [3.05, 3.63) is 59.4 Å². The average molecular weight is 437 g/mol. The summed E-state index contributed by atoms with van der Waals surface area (Å²) in [6.45, 7) is 5.51. The summed E-state index contributed by atoms with van der Waals surface area (Å²) in [5, 5.41) is 2.95. The predicted octanol–water partition coefficient (Wildman–Crippen LogP) is 1.26. The number of hydrogen-bond acceptors (Lipinski definition) is 6. The predicted molar refractivity (Wildman–Crippen MR) is 122 cm³/mol. The third-order valence-corrected chi connectivity index (χ3v) is 5.74. The van der Waals surface area contributed by atoms with Crippen molar-refractivity contribution in [1.82, 2.24) is 15.1 Å². The number of fused-ring (bicyclic) bond motifs is 1. The molecule has 0 spiro atoms. The molecule has 2 aliphatic heterocycles. The number of piperazine rings is 1. The first-order valence-corrected chi connectivity index (χ1v) is 10.8. The van der Waals surface area contributed by atoms with Crippen molar-refractivity contribution < 1.29 is 19.1 Å². The summed E-state index contributed by atoms with van der Waals surface area (Å²) in [5.41, 5.74) is 1.62. The maximum atomic E-state index is 12.6. The van der Waals surface area contributed by atoms with Gasteiger partial charge in [0.05, 0.1) is 12.8 Å². The largest absolute Gasteiger partial charge is 0.496 e. The summed E-state index contributed by atoms with van der Waals surface area (Å²) >= 11 is 0. The van der Waals surface area contributed by atoms with Gasteiger partial charge in [0.2, 0.25) is 0 Å². The number of amides is 2. The van der Waals surface area contributed by atoms with E-state index in [-0.39, 0.29) is 11.7 Å². The number of rotatable bonds is 6. The minimum atomic E-state index is -0.504. The van der Waals surface area contributed by atoms with Gasteiger partial charge in [-0.25, -0.2) is 4.99 Å². The molecule has 0 aromatic heterocycles. The van der Waals surface area contributed by atoms with Crippen LogP contribution in [0.3, 0.4) is 0 Å². The molecule has 1 aromatic carbocycles. The first kappa shape index (κ1) is 22.0. The lowest BCUT2D eigenvalue weighted by atomic mass is 10.0. The molecule has 2 amide bonds. The Hall–Kier alpha value is -3.23. The van der Waals surface area contributed by atoms with Crippen LogP contribution in [0.1, 0.15) is 5.56 Å². The van der Waals surface area contributed by atoms with Gasteiger partial charge in [0, 0.05) is 50.4 Å². The van der Waals surface area contributed by atoms with Gasteiger partial charge in [-0.2, -0.15) is 0 Å². The molecule has 1 N–H and O–H groups in total. The first-order valence-electron chi connectivity index (χ1n) is 10.8. The zero-order valence-electron chi connectivity index (χ0n) is 18.4. The SMILES string of the molecule is COc1ccccc1/C=C1/OC2C=CC(C(=O)NCCN3CCN(C)CC3)=CC2=NC1=O. The fourth-order valence-electron chi connectivity index (χ4n) is 3.80. The smallest absolute Gasteiger partial charge is 0.312 e. The highest BCUT2D eigenvalue weighted by Crippen LogP contribution is 2.25. The third-order valence-electron chi connectivity index (χ3n) is 5.74. The number of hydrogen-bond donors (Lipinski definition) is 1. The molecule has 1 aliphatic carbocycles. The van der Waals surface area contributed by atoms with Gasteiger partial charge >= 0.3 is 5.91 Å². The average Bonchev–Trinajstić information content (AvgIpc) is 2.81. The number of para-hydroxylation sites is 1. The Morgan fingerprint density at radius 2 is 2.06 bits per heavy atom. The number of benzene rings is 1. The minimum absolute atomic E-state index is 0.140. The number of ether oxygens (including phenoxy) is 2. The van der Waals surface area contributed by atoms with Gasteiger partial charge in [-0.05, 0) is 37.4 Å². The molecule has 1 fully saturated rings. The number of nitrogens with zero attached hydrogens (tertiary/aromatic N) is 3. The van der Waals surface area contributed by atoms with Gasteiger partial charge in [0.15, 0.2) is 11.9 Å². The second kappa shape index (κ2) is 9.93. The van der Waals surface area contributed by atoms with Gasteiger partial charge in [-0.1, -0.05) is 18.2 Å². The highest BCUT2D eigenvalue weighted by Gasteiger charge is 2.29. The van der Waals surface area contributed by atoms with E-state index in [0.29, 0.717) is 23.6 Å². The molecule has 8 heteroatoms. The van der Waals surface area contributed by atoms with E-state index >= 15 is 0 Å². The lowest BCUT2D eigenvalue weighted by molar-refractivity contribution is -0.119. The molecule has 0 radical (unpaired) electrons. The van der Waals surface area contributed by atoms with E-state index in [0.717, 1.165) is 38.3 Å². The Morgan fingerprint density at radius 1 is 1.28 bits per heavy atom. The zero-order valence-corrected chi connectivity index (χ0v) is 18.4. The number of aliphatic imine (C=N–C) groups is 1. The molecule has 3 aliphatic rings. The molecule has 1 saturated heterocycles. The van der Waals surface area contributed by atoms with E-state index < -0.39 is 12.0 Å². The van der Waals surface area contributed by atoms with Crippen LogP contribution in [0.2, 0.25) is 0 Å². The number of methoxy groups -OCH3 is 1. The van der Waals surface area contributed by atoms with E-state index in [2.05, 4.69) is 27.2 Å². The van der Waals surface area contributed by atoms with Gasteiger partial charge in [-0.15, -0.1) is 0 Å². The summed E-state index contributed by atoms with van der Waals surface area (Å²) in [7, 11) is 3.69. The Morgan fingerprint density at radius 3 is 2.84 bits per heavy atom. The van der Waals surface area contributed by atoms with Crippen molar-refractivity contribution in [2.75, 3.05) is 53.4 Å². The summed E-state index contributed by atoms with van der Waals surface area (Å²) in [6, 6.07) is 7.36. The van der Waals surface area contributed by atoms with Crippen LogP contribution in [0.25, 0.3) is 6.08 Å². The summed E-state index contributed by atoms with van der Waals surface area (Å²) in [5.74, 6) is 0.116. The third kappa shape index (κ3) is 5.15. The van der Waals surface area contributed by atoms with E-state index in [1.165, 1.54) is 0 Å². The van der Waals surface area contributed by atoms with E-state index in [1.54, 1.807) is 31.4 Å². The quantitative estimate of drug-likeness (QED) is 0.676. The van der Waals surface area contributed by atoms with Gasteiger partial charge < -0.3 is 19.7 Å². The molecule has 8 nitrogen and oxygen atoms in total. The molecular weight excluding hydrogens is 408 g/mol. The lowest BCUT2D eigenvalue weighted by Crippen LogP contribution is -2.47. The normalized spacial score (nSPS) is 22.6. The number of carbonyl (C=O) groups is 2. The van der Waals surface area contributed by atoms with Crippen LogP contribution in [-0.4, -0.2) is 86.9 Å². The second-order valence-electron chi connectivity index (χ2n) is 7.99. The highest BCUT2D eigenvalue weighted by molar-refractivity contribution is 6.16. The second-order valence-corrected chi connectivity index (χ2v) is 7.99. The molecule has 1 unspecified atom stereocenters. The molecule has 168 valence electrons. The van der Waals surface area contributed by atoms with Crippen LogP contribution in [0.5, 0.6) is 5.75 Å². The van der Waals surface area contributed by atoms with E-state index in [1.807, 2.05) is 24.3 Å². The molecule has 0 saturated carbocycles. The van der Waals surface area contributed by atoms with Crippen LogP contribution in [-0.2, 0) is 14.3 Å². The van der Waals surface area contributed by atoms with Crippen molar-refractivity contribution in [2.45, 2.75) is 6.10 Å². The molecular formula is C24H28N4O4. The van der Waals surface area contributed by atoms with Crippen molar-refractivity contribution in [1.29, 1.82) is 0 Å². The monoisotopic (exact) mass is 436 g/mol. The van der Waals surface area contributed by atoms with Crippen LogP contribution >= 0.6 is 0 Å². The Balaban J connectivity index is 1.38. The maximum Gasteiger partial charge on any atom is 0.312 e. The van der Waals surface area contributed by atoms with Crippen molar-refractivity contribution in [3.63, 3.8) is 0 Å². The van der Waals surface area contributed by atoms with Gasteiger partial charge in [0.1, 0.15) is 5.75 Å². The molecule has 4 rings (SSSR count). The van der Waals surface area contributed by atoms with Crippen LogP contribution in [0, 0.1) is 0 Å². The minimum Gasteiger partial charge on any atom is -0.496 e. The van der Waals surface area contributed by atoms with Gasteiger partial charge in [0.25, 0.3) is 5.91 Å². The van der Waals surface area contributed by atoms with E-state index in [4.69, 9.17) is 9.47 Å². The van der Waals surface area contributed by atoms with Crippen LogP contribution in [0.15, 0.2) is 58.8 Å². The molecule has 1 atom stereocenters. The fourth-order valence-corrected chi connectivity index (χ4v) is 3.80. The summed E-state index contributed by atoms with van der Waals surface area (Å²) in [4.78, 5) is 33.9. The molecule has 0 bridgehead atoms. The first-order chi connectivity index (χ1) is 15.5. The zero-order chi connectivity index (χ0) is 22.5. The van der Waals surface area contributed by atoms with E-state index in [9.17, 15) is 9.59 Å². The number of likely N-dealkylation sites (N-methyl/N-ethyl adjacent to an activating group) is 1. The molecule has 32 heavy (non-hydrogen) atoms. The topological polar surface area (TPSA) is 83.5 Å².